The number of aryl methyl sites for hydroxylation is 1. The van der Waals surface area contributed by atoms with E-state index in [-0.39, 0.29) is 37.2 Å². The van der Waals surface area contributed by atoms with Crippen LogP contribution in [0.3, 0.4) is 0 Å². The first-order valence-electron chi connectivity index (χ1n) is 17.6. The number of aromatic amines is 1. The zero-order chi connectivity index (χ0) is 38.0. The third-order valence-electron chi connectivity index (χ3n) is 8.88. The Balaban J connectivity index is 1.04. The lowest BCUT2D eigenvalue weighted by atomic mass is 9.98. The summed E-state index contributed by atoms with van der Waals surface area (Å²) in [5.74, 6) is 0.275. The van der Waals surface area contributed by atoms with E-state index in [0.717, 1.165) is 35.1 Å². The number of benzene rings is 2. The molecule has 2 aliphatic rings. The first-order valence-corrected chi connectivity index (χ1v) is 18.0. The minimum atomic E-state index is -1.33. The number of carbonyl (C=O) groups excluding carboxylic acids is 2. The Kier molecular flexibility index (Phi) is 13.0. The number of rotatable bonds is 18. The summed E-state index contributed by atoms with van der Waals surface area (Å²) in [7, 11) is 0. The molecule has 0 bridgehead atoms. The van der Waals surface area contributed by atoms with Gasteiger partial charge in [0, 0.05) is 32.1 Å². The molecule has 2 aromatic carbocycles. The van der Waals surface area contributed by atoms with Crippen molar-refractivity contribution in [3.05, 3.63) is 80.9 Å². The van der Waals surface area contributed by atoms with E-state index in [0.29, 0.717) is 37.5 Å². The number of halogens is 1. The number of hydrogen-bond donors (Lipinski definition) is 1. The summed E-state index contributed by atoms with van der Waals surface area (Å²) in [5, 5.41) is 23.8. The maximum atomic E-state index is 13.5. The highest BCUT2D eigenvalue weighted by molar-refractivity contribution is 6.32. The van der Waals surface area contributed by atoms with Gasteiger partial charge in [0.15, 0.2) is 17.0 Å². The lowest BCUT2D eigenvalue weighted by Crippen LogP contribution is -2.36. The molecule has 4 aromatic rings. The van der Waals surface area contributed by atoms with E-state index in [1.807, 2.05) is 48.5 Å². The minimum Gasteiger partial charge on any atom is -0.426 e. The van der Waals surface area contributed by atoms with Crippen molar-refractivity contribution in [3.63, 3.8) is 0 Å². The number of fused-ring (bicyclic) bond motifs is 1. The summed E-state index contributed by atoms with van der Waals surface area (Å²) < 4.78 is 35.3. The van der Waals surface area contributed by atoms with Crippen LogP contribution in [0.25, 0.3) is 22.5 Å². The van der Waals surface area contributed by atoms with Crippen LogP contribution < -0.4 is 0 Å². The Labute approximate surface area is 314 Å². The normalized spacial score (nSPS) is 19.6. The van der Waals surface area contributed by atoms with Gasteiger partial charge < -0.3 is 37.8 Å². The van der Waals surface area contributed by atoms with Crippen LogP contribution in [-0.2, 0) is 46.2 Å². The van der Waals surface area contributed by atoms with Crippen LogP contribution in [0.2, 0.25) is 5.15 Å². The Hall–Kier alpha value is -5.17. The van der Waals surface area contributed by atoms with Crippen LogP contribution in [0, 0.1) is 10.1 Å². The number of H-pyrrole nitrogens is 1. The molecule has 2 aromatic heterocycles. The number of tetrazole rings is 1. The molecule has 2 aliphatic heterocycles. The second-order valence-electron chi connectivity index (χ2n) is 12.6. The van der Waals surface area contributed by atoms with Gasteiger partial charge in [-0.3, -0.25) is 0 Å². The number of aromatic nitrogens is 6. The molecule has 0 amide bonds. The van der Waals surface area contributed by atoms with Gasteiger partial charge in [0.2, 0.25) is 12.1 Å². The molecular formula is C35H40ClN7O11. The maximum absolute atomic E-state index is 13.5. The molecule has 5 atom stereocenters. The fraction of sp³-hybridized carbons (Fsp3) is 0.486. The Morgan fingerprint density at radius 2 is 1.74 bits per heavy atom. The summed E-state index contributed by atoms with van der Waals surface area (Å²) in [6, 6.07) is 15.6. The summed E-state index contributed by atoms with van der Waals surface area (Å²) in [6.07, 6.45) is -1.33. The second kappa shape index (κ2) is 18.2. The predicted molar refractivity (Wildman–Crippen MR) is 188 cm³/mol. The van der Waals surface area contributed by atoms with E-state index in [2.05, 4.69) is 37.4 Å². The van der Waals surface area contributed by atoms with Crippen molar-refractivity contribution >= 4 is 23.7 Å². The molecule has 288 valence electrons. The maximum Gasteiger partial charge on any atom is 0.511 e. The van der Waals surface area contributed by atoms with Crippen LogP contribution in [0.15, 0.2) is 48.5 Å². The molecule has 0 spiro atoms. The van der Waals surface area contributed by atoms with Crippen LogP contribution in [-0.4, -0.2) is 105 Å². The van der Waals surface area contributed by atoms with E-state index in [4.69, 9.17) is 40.0 Å². The SMILES string of the molecule is CCCCc1nc(Cl)c(C(=O)OC(C)OC(=O)O[C@H]2COC3C2OC[C@@H]3OCCCCO[N+](=O)[O-])n1Cc1ccc(-c2ccccc2-c2nn[nH]n2)cc1. The lowest BCUT2D eigenvalue weighted by Gasteiger charge is -2.19. The monoisotopic (exact) mass is 769 g/mol. The number of nitrogens with one attached hydrogen (secondary N) is 1. The van der Waals surface area contributed by atoms with Crippen molar-refractivity contribution in [1.82, 2.24) is 30.2 Å². The second-order valence-corrected chi connectivity index (χ2v) is 13.0. The zero-order valence-electron chi connectivity index (χ0n) is 29.6. The van der Waals surface area contributed by atoms with Gasteiger partial charge in [-0.25, -0.2) is 14.6 Å². The van der Waals surface area contributed by atoms with Gasteiger partial charge in [0.05, 0.1) is 19.8 Å². The van der Waals surface area contributed by atoms with Gasteiger partial charge >= 0.3 is 12.1 Å². The van der Waals surface area contributed by atoms with Crippen LogP contribution in [0.4, 0.5) is 4.79 Å². The topological polar surface area (TPSA) is 214 Å². The third kappa shape index (κ3) is 9.49. The van der Waals surface area contributed by atoms with Gasteiger partial charge in [-0.1, -0.05) is 73.5 Å². The number of nitrogens with zero attached hydrogens (tertiary/aromatic N) is 6. The number of ether oxygens (including phenoxy) is 6. The van der Waals surface area contributed by atoms with E-state index < -0.39 is 47.9 Å². The summed E-state index contributed by atoms with van der Waals surface area (Å²) >= 11 is 6.54. The average molecular weight is 770 g/mol. The highest BCUT2D eigenvalue weighted by Crippen LogP contribution is 2.32. The van der Waals surface area contributed by atoms with Crippen LogP contribution in [0.5, 0.6) is 0 Å². The molecule has 0 radical (unpaired) electrons. The molecule has 19 heteroatoms. The molecule has 1 N–H and O–H groups in total. The first-order chi connectivity index (χ1) is 26.2. The molecule has 6 rings (SSSR count). The third-order valence-corrected chi connectivity index (χ3v) is 9.15. The fourth-order valence-electron chi connectivity index (χ4n) is 6.30. The summed E-state index contributed by atoms with van der Waals surface area (Å²) in [4.78, 5) is 45.3. The van der Waals surface area contributed by atoms with Crippen molar-refractivity contribution < 1.29 is 47.9 Å². The Bertz CT molecular complexity index is 1880. The molecule has 2 saturated heterocycles. The zero-order valence-corrected chi connectivity index (χ0v) is 30.4. The van der Waals surface area contributed by atoms with Gasteiger partial charge in [0.1, 0.15) is 24.1 Å². The van der Waals surface area contributed by atoms with Crippen LogP contribution in [0.1, 0.15) is 61.4 Å². The highest BCUT2D eigenvalue weighted by Gasteiger charge is 2.50. The van der Waals surface area contributed by atoms with Crippen molar-refractivity contribution in [3.8, 4) is 22.5 Å². The predicted octanol–water partition coefficient (Wildman–Crippen LogP) is 4.97. The van der Waals surface area contributed by atoms with Crippen molar-refractivity contribution in [2.45, 2.75) is 83.2 Å². The number of esters is 1. The summed E-state index contributed by atoms with van der Waals surface area (Å²) in [5.41, 5.74) is 3.60. The molecule has 4 heterocycles. The smallest absolute Gasteiger partial charge is 0.426 e. The molecule has 54 heavy (non-hydrogen) atoms. The fourth-order valence-corrected chi connectivity index (χ4v) is 6.58. The van der Waals surface area contributed by atoms with E-state index in [9.17, 15) is 19.7 Å². The molecular weight excluding hydrogens is 730 g/mol. The Morgan fingerprint density at radius 3 is 2.46 bits per heavy atom. The molecule has 0 saturated carbocycles. The van der Waals surface area contributed by atoms with Gasteiger partial charge in [-0.2, -0.15) is 5.21 Å². The molecule has 2 fully saturated rings. The van der Waals surface area contributed by atoms with Gasteiger partial charge in [-0.15, -0.1) is 20.3 Å². The van der Waals surface area contributed by atoms with Crippen LogP contribution >= 0.6 is 11.6 Å². The number of unbranched alkanes of at least 4 members (excludes halogenated alkanes) is 2. The van der Waals surface area contributed by atoms with Crippen molar-refractivity contribution in [2.24, 2.45) is 0 Å². The van der Waals surface area contributed by atoms with Gasteiger partial charge in [0.25, 0.3) is 5.09 Å². The van der Waals surface area contributed by atoms with Crippen molar-refractivity contribution in [1.29, 1.82) is 0 Å². The molecule has 18 nitrogen and oxygen atoms in total. The van der Waals surface area contributed by atoms with E-state index >= 15 is 0 Å². The number of hydrogen-bond acceptors (Lipinski definition) is 15. The quantitative estimate of drug-likeness (QED) is 0.0465. The van der Waals surface area contributed by atoms with E-state index in [1.165, 1.54) is 6.92 Å². The molecule has 0 aliphatic carbocycles. The minimum absolute atomic E-state index is 0.0150. The number of imidazole rings is 1. The van der Waals surface area contributed by atoms with E-state index in [1.54, 1.807) is 4.57 Å². The lowest BCUT2D eigenvalue weighted by molar-refractivity contribution is -0.757. The standard InChI is InChI=1S/C35H40ClN7O11/c1-3-4-11-28-37-32(36)29(42(28)18-22-12-14-23(15-13-22)24-9-5-6-10-25(24)33-38-40-41-39-33)34(44)52-21(2)53-35(45)54-27-20-50-30-26(19-49-31(27)30)48-16-7-8-17-51-43(46)47/h5-6,9-10,12-15,21,26-27,30-31H,3-4,7-8,11,16-20H2,1-2H3,(H,38,39,40,41)/t21?,26-,27-,30?,31?/m0/s1. The Morgan fingerprint density at radius 1 is 1.02 bits per heavy atom. The number of carbonyl (C=O) groups is 2. The largest absolute Gasteiger partial charge is 0.511 e. The van der Waals surface area contributed by atoms with Gasteiger partial charge in [-0.05, 0) is 41.2 Å². The highest BCUT2D eigenvalue weighted by atomic mass is 35.5. The first kappa shape index (κ1) is 38.6. The van der Waals surface area contributed by atoms with Crippen molar-refractivity contribution in [2.75, 3.05) is 26.4 Å². The summed E-state index contributed by atoms with van der Waals surface area (Å²) in [6.45, 7) is 4.30. The average Bonchev–Trinajstić information content (AvgIpc) is 3.96. The molecule has 3 unspecified atom stereocenters.